The molecule has 0 N–H and O–H groups in total. The highest BCUT2D eigenvalue weighted by Gasteiger charge is 2.33. The lowest BCUT2D eigenvalue weighted by atomic mass is 10.1. The van der Waals surface area contributed by atoms with Gasteiger partial charge in [-0.1, -0.05) is 0 Å². The van der Waals surface area contributed by atoms with E-state index < -0.39 is 40.2 Å². The maximum Gasteiger partial charge on any atom is 0.416 e. The zero-order valence-electron chi connectivity index (χ0n) is 15.0. The molecule has 2 aromatic rings. The summed E-state index contributed by atoms with van der Waals surface area (Å²) in [7, 11) is 1.15. The van der Waals surface area contributed by atoms with Gasteiger partial charge in [-0.3, -0.25) is 10.1 Å². The van der Waals surface area contributed by atoms with E-state index in [-0.39, 0.29) is 17.1 Å². The molecule has 0 fully saturated rings. The van der Waals surface area contributed by atoms with Crippen LogP contribution in [0.3, 0.4) is 0 Å². The second kappa shape index (κ2) is 8.47. The van der Waals surface area contributed by atoms with E-state index >= 15 is 0 Å². The molecule has 2 rings (SSSR count). The van der Waals surface area contributed by atoms with Crippen molar-refractivity contribution in [2.24, 2.45) is 0 Å². The minimum absolute atomic E-state index is 0.0371. The van der Waals surface area contributed by atoms with Crippen molar-refractivity contribution in [3.8, 4) is 23.3 Å². The molecule has 1 atom stereocenters. The number of benzene rings is 2. The predicted octanol–water partition coefficient (Wildman–Crippen LogP) is 4.22. The van der Waals surface area contributed by atoms with Crippen LogP contribution in [0, 0.1) is 21.4 Å². The maximum atomic E-state index is 12.8. The van der Waals surface area contributed by atoms with E-state index in [1.807, 2.05) is 6.07 Å². The Morgan fingerprint density at radius 3 is 2.45 bits per heavy atom. The third-order valence-electron chi connectivity index (χ3n) is 3.62. The molecule has 0 aliphatic carbocycles. The Morgan fingerprint density at radius 1 is 1.21 bits per heavy atom. The minimum atomic E-state index is -4.76. The largest absolute Gasteiger partial charge is 0.477 e. The molecule has 0 bridgehead atoms. The fourth-order valence-electron chi connectivity index (χ4n) is 2.21. The molecule has 0 saturated heterocycles. The van der Waals surface area contributed by atoms with Gasteiger partial charge >= 0.3 is 17.8 Å². The summed E-state index contributed by atoms with van der Waals surface area (Å²) < 4.78 is 53.6. The van der Waals surface area contributed by atoms with Crippen LogP contribution in [0.2, 0.25) is 0 Å². The molecule has 0 aliphatic rings. The Balaban J connectivity index is 2.39. The number of halogens is 3. The number of methoxy groups -OCH3 is 1. The molecule has 0 heterocycles. The Kier molecular flexibility index (Phi) is 6.28. The first-order chi connectivity index (χ1) is 13.6. The zero-order valence-corrected chi connectivity index (χ0v) is 15.0. The summed E-state index contributed by atoms with van der Waals surface area (Å²) in [4.78, 5) is 21.6. The van der Waals surface area contributed by atoms with Gasteiger partial charge in [-0.05, 0) is 31.2 Å². The van der Waals surface area contributed by atoms with Gasteiger partial charge in [-0.2, -0.15) is 18.4 Å². The highest BCUT2D eigenvalue weighted by atomic mass is 19.4. The Labute approximate surface area is 162 Å². The lowest BCUT2D eigenvalue weighted by Gasteiger charge is -2.15. The number of nitro groups is 1. The van der Waals surface area contributed by atoms with Crippen LogP contribution in [0.15, 0.2) is 36.4 Å². The number of hydrogen-bond donors (Lipinski definition) is 0. The van der Waals surface area contributed by atoms with Crippen molar-refractivity contribution in [2.75, 3.05) is 7.11 Å². The second-order valence-corrected chi connectivity index (χ2v) is 5.59. The fraction of sp³-hybridized carbons (Fsp3) is 0.222. The van der Waals surface area contributed by atoms with Crippen molar-refractivity contribution in [1.82, 2.24) is 0 Å². The van der Waals surface area contributed by atoms with Gasteiger partial charge in [0.1, 0.15) is 17.6 Å². The molecular weight excluding hydrogens is 397 g/mol. The average molecular weight is 410 g/mol. The van der Waals surface area contributed by atoms with Gasteiger partial charge < -0.3 is 14.2 Å². The number of rotatable bonds is 6. The molecule has 0 spiro atoms. The highest BCUT2D eigenvalue weighted by Crippen LogP contribution is 2.38. The third kappa shape index (κ3) is 5.13. The first-order valence-electron chi connectivity index (χ1n) is 7.89. The van der Waals surface area contributed by atoms with Gasteiger partial charge in [0.15, 0.2) is 6.10 Å². The monoisotopic (exact) mass is 410 g/mol. The van der Waals surface area contributed by atoms with Crippen molar-refractivity contribution in [1.29, 1.82) is 5.26 Å². The Bertz CT molecular complexity index is 985. The van der Waals surface area contributed by atoms with E-state index in [0.29, 0.717) is 12.1 Å². The van der Waals surface area contributed by atoms with Crippen LogP contribution < -0.4 is 9.47 Å². The molecule has 0 saturated carbocycles. The third-order valence-corrected chi connectivity index (χ3v) is 3.62. The quantitative estimate of drug-likeness (QED) is 0.398. The van der Waals surface area contributed by atoms with Gasteiger partial charge in [0.2, 0.25) is 5.75 Å². The van der Waals surface area contributed by atoms with Crippen LogP contribution in [-0.4, -0.2) is 24.1 Å². The second-order valence-electron chi connectivity index (χ2n) is 5.59. The molecule has 0 aliphatic heterocycles. The van der Waals surface area contributed by atoms with Crippen LogP contribution in [0.5, 0.6) is 17.2 Å². The lowest BCUT2D eigenvalue weighted by Crippen LogP contribution is -2.25. The van der Waals surface area contributed by atoms with E-state index in [9.17, 15) is 28.1 Å². The SMILES string of the molecule is COC(=O)C(C)Oc1cc(Oc2ccc(C(F)(F)F)cc2[N+](=O)[O-])ccc1C#N. The van der Waals surface area contributed by atoms with E-state index in [0.717, 1.165) is 13.2 Å². The van der Waals surface area contributed by atoms with Crippen LogP contribution in [0.4, 0.5) is 18.9 Å². The summed E-state index contributed by atoms with van der Waals surface area (Å²) in [5.41, 5.74) is -2.06. The number of nitrogens with zero attached hydrogens (tertiary/aromatic N) is 2. The Morgan fingerprint density at radius 2 is 1.90 bits per heavy atom. The lowest BCUT2D eigenvalue weighted by molar-refractivity contribution is -0.385. The molecular formula is C18H13F3N2O6. The van der Waals surface area contributed by atoms with E-state index in [2.05, 4.69) is 4.74 Å². The number of nitro benzene ring substituents is 1. The molecule has 0 aromatic heterocycles. The highest BCUT2D eigenvalue weighted by molar-refractivity contribution is 5.74. The molecule has 0 radical (unpaired) electrons. The van der Waals surface area contributed by atoms with Crippen molar-refractivity contribution < 1.29 is 37.1 Å². The van der Waals surface area contributed by atoms with E-state index in [1.165, 1.54) is 25.1 Å². The molecule has 0 amide bonds. The van der Waals surface area contributed by atoms with Crippen LogP contribution in [0.1, 0.15) is 18.1 Å². The van der Waals surface area contributed by atoms with Gasteiger partial charge in [0, 0.05) is 12.1 Å². The summed E-state index contributed by atoms with van der Waals surface area (Å²) in [5.74, 6) is -1.28. The number of carbonyl (C=O) groups excluding carboxylic acids is 1. The summed E-state index contributed by atoms with van der Waals surface area (Å²) in [5, 5.41) is 20.3. The summed E-state index contributed by atoms with van der Waals surface area (Å²) in [6, 6.07) is 7.37. The maximum absolute atomic E-state index is 12.8. The number of ether oxygens (including phenoxy) is 3. The van der Waals surface area contributed by atoms with Crippen molar-refractivity contribution >= 4 is 11.7 Å². The summed E-state index contributed by atoms with van der Waals surface area (Å²) in [6.07, 6.45) is -5.83. The topological polar surface area (TPSA) is 112 Å². The zero-order chi connectivity index (χ0) is 21.8. The number of carbonyl (C=O) groups is 1. The number of alkyl halides is 3. The first kappa shape index (κ1) is 21.5. The molecule has 8 nitrogen and oxygen atoms in total. The summed E-state index contributed by atoms with van der Waals surface area (Å²) >= 11 is 0. The normalized spacial score (nSPS) is 11.9. The number of nitriles is 1. The van der Waals surface area contributed by atoms with Crippen molar-refractivity contribution in [3.05, 3.63) is 57.6 Å². The first-order valence-corrected chi connectivity index (χ1v) is 7.89. The van der Waals surface area contributed by atoms with E-state index in [1.54, 1.807) is 0 Å². The smallest absolute Gasteiger partial charge is 0.416 e. The molecule has 11 heteroatoms. The molecule has 1 unspecified atom stereocenters. The van der Waals surface area contributed by atoms with E-state index in [4.69, 9.17) is 14.7 Å². The van der Waals surface area contributed by atoms with Gasteiger partial charge in [-0.15, -0.1) is 0 Å². The molecule has 152 valence electrons. The fourth-order valence-corrected chi connectivity index (χ4v) is 2.21. The summed E-state index contributed by atoms with van der Waals surface area (Å²) in [6.45, 7) is 1.38. The average Bonchev–Trinajstić information content (AvgIpc) is 2.66. The van der Waals surface area contributed by atoms with Crippen molar-refractivity contribution in [2.45, 2.75) is 19.2 Å². The van der Waals surface area contributed by atoms with Gasteiger partial charge in [0.25, 0.3) is 0 Å². The predicted molar refractivity (Wildman–Crippen MR) is 91.4 cm³/mol. The van der Waals surface area contributed by atoms with Crippen LogP contribution in [0.25, 0.3) is 0 Å². The minimum Gasteiger partial charge on any atom is -0.477 e. The number of hydrogen-bond acceptors (Lipinski definition) is 7. The molecule has 29 heavy (non-hydrogen) atoms. The van der Waals surface area contributed by atoms with Crippen molar-refractivity contribution in [3.63, 3.8) is 0 Å². The van der Waals surface area contributed by atoms with Gasteiger partial charge in [-0.25, -0.2) is 4.79 Å². The van der Waals surface area contributed by atoms with Gasteiger partial charge in [0.05, 0.1) is 23.2 Å². The Hall–Kier alpha value is -3.81. The standard InChI is InChI=1S/C18H13F3N2O6/c1-10(17(24)27-2)28-16-8-13(5-3-11(16)9-22)29-15-6-4-12(18(19,20)21)7-14(15)23(25)26/h3-8,10H,1-2H3. The van der Waals surface area contributed by atoms with Crippen LogP contribution in [-0.2, 0) is 15.7 Å². The molecule has 2 aromatic carbocycles. The van der Waals surface area contributed by atoms with Crippen LogP contribution >= 0.6 is 0 Å². The number of esters is 1.